The summed E-state index contributed by atoms with van der Waals surface area (Å²) in [6.45, 7) is 0. The van der Waals surface area contributed by atoms with Crippen LogP contribution in [-0.4, -0.2) is 8.80 Å². The van der Waals surface area contributed by atoms with Gasteiger partial charge in [-0.25, -0.2) is 8.78 Å². The molecule has 15 aromatic rings. The molecule has 4 heterocycles. The Morgan fingerprint density at radius 1 is 0.278 bits per heavy atom. The van der Waals surface area contributed by atoms with Crippen LogP contribution in [0.15, 0.2) is 243 Å². The molecule has 0 spiro atoms. The SMILES string of the molecule is Fc1ccccc1N(c1ccccc1)c1ccc2c3cccc4c5c(-c6ccccc6)c6c(c(-c7ccccc7)c5n(c2c1)c34)c1cccc2c3ccc(N(c4ccccc4)c4ccccc4F)cc3n6c21. The van der Waals surface area contributed by atoms with Crippen LogP contribution in [0.3, 0.4) is 0 Å². The molecular weight excluding hydrogens is 887 g/mol. The number of anilines is 6. The Kier molecular flexibility index (Phi) is 8.69. The lowest BCUT2D eigenvalue weighted by Gasteiger charge is -2.26. The lowest BCUT2D eigenvalue weighted by atomic mass is 9.89. The second-order valence-electron chi connectivity index (χ2n) is 18.7. The summed E-state index contributed by atoms with van der Waals surface area (Å²) < 4.78 is 37.1. The monoisotopic (exact) mass is 926 g/mol. The van der Waals surface area contributed by atoms with Crippen molar-refractivity contribution >= 4 is 110 Å². The van der Waals surface area contributed by atoms with E-state index in [9.17, 15) is 0 Å². The largest absolute Gasteiger partial charge is 0.308 e. The van der Waals surface area contributed by atoms with Crippen LogP contribution in [0.25, 0.3) is 98.4 Å². The van der Waals surface area contributed by atoms with Crippen LogP contribution in [-0.2, 0) is 0 Å². The summed E-state index contributed by atoms with van der Waals surface area (Å²) in [5, 5.41) is 9.12. The van der Waals surface area contributed by atoms with Gasteiger partial charge in [0.25, 0.3) is 0 Å². The van der Waals surface area contributed by atoms with Gasteiger partial charge < -0.3 is 18.6 Å². The molecule has 0 aliphatic heterocycles. The Morgan fingerprint density at radius 2 is 0.639 bits per heavy atom. The van der Waals surface area contributed by atoms with Gasteiger partial charge in [-0.15, -0.1) is 0 Å². The Bertz CT molecular complexity index is 4290. The lowest BCUT2D eigenvalue weighted by molar-refractivity contribution is 0.628. The van der Waals surface area contributed by atoms with Crippen LogP contribution in [0.5, 0.6) is 0 Å². The van der Waals surface area contributed by atoms with Crippen LogP contribution in [0.2, 0.25) is 0 Å². The summed E-state index contributed by atoms with van der Waals surface area (Å²) in [5.74, 6) is -0.600. The predicted molar refractivity (Wildman–Crippen MR) is 296 cm³/mol. The summed E-state index contributed by atoms with van der Waals surface area (Å²) in [5.41, 5.74) is 15.4. The van der Waals surface area contributed by atoms with Gasteiger partial charge in [-0.2, -0.15) is 0 Å². The molecule has 0 saturated carbocycles. The third-order valence-corrected chi connectivity index (χ3v) is 14.8. The zero-order valence-corrected chi connectivity index (χ0v) is 38.6. The van der Waals surface area contributed by atoms with E-state index in [1.807, 2.05) is 94.7 Å². The third kappa shape index (κ3) is 5.66. The van der Waals surface area contributed by atoms with Crippen LogP contribution in [0.1, 0.15) is 0 Å². The molecule has 0 amide bonds. The van der Waals surface area contributed by atoms with Crippen molar-refractivity contribution in [2.45, 2.75) is 0 Å². The summed E-state index contributed by atoms with van der Waals surface area (Å²) in [6, 6.07) is 82.3. The van der Waals surface area contributed by atoms with Gasteiger partial charge in [0.1, 0.15) is 11.6 Å². The molecule has 0 saturated heterocycles. The zero-order chi connectivity index (χ0) is 47.6. The number of hydrogen-bond donors (Lipinski definition) is 0. The van der Waals surface area contributed by atoms with E-state index in [-0.39, 0.29) is 11.6 Å². The quantitative estimate of drug-likeness (QED) is 0.151. The Morgan fingerprint density at radius 3 is 1.04 bits per heavy atom. The molecule has 0 aliphatic rings. The van der Waals surface area contributed by atoms with E-state index in [1.165, 1.54) is 12.1 Å². The first-order valence-corrected chi connectivity index (χ1v) is 24.3. The van der Waals surface area contributed by atoms with Gasteiger partial charge in [0.05, 0.1) is 44.5 Å². The minimum atomic E-state index is -0.300. The number of fused-ring (bicyclic) bond motifs is 12. The summed E-state index contributed by atoms with van der Waals surface area (Å²) in [6.07, 6.45) is 0. The molecule has 0 atom stereocenters. The molecule has 4 aromatic heterocycles. The maximum Gasteiger partial charge on any atom is 0.147 e. The van der Waals surface area contributed by atoms with Gasteiger partial charge in [0, 0.05) is 77.0 Å². The second-order valence-corrected chi connectivity index (χ2v) is 18.7. The third-order valence-electron chi connectivity index (χ3n) is 14.8. The van der Waals surface area contributed by atoms with Crippen molar-refractivity contribution in [3.05, 3.63) is 254 Å². The topological polar surface area (TPSA) is 15.3 Å². The minimum Gasteiger partial charge on any atom is -0.308 e. The standard InChI is InChI=1S/C66H40F2N4/c67-53-31-13-15-33-55(53)69(43-23-9-3-10-24-43)45-35-37-47-50-28-18-30-52-62-60(42-21-7-2-8-22-42)66-61(59(41-19-5-1-6-20-41)65(62)71(64(50)52)57(47)39-45)51-29-17-27-49-48-38-36-46(40-58(48)72(66)63(49)51)70(44-25-11-4-12-26-44)56-34-16-14-32-54(56)68/h1-40H. The number of rotatable bonds is 8. The molecule has 0 radical (unpaired) electrons. The highest BCUT2D eigenvalue weighted by molar-refractivity contribution is 6.38. The highest BCUT2D eigenvalue weighted by Gasteiger charge is 2.31. The van der Waals surface area contributed by atoms with Crippen LogP contribution in [0.4, 0.5) is 42.9 Å². The Balaban J connectivity index is 1.14. The minimum absolute atomic E-state index is 0.300. The second kappa shape index (κ2) is 15.5. The number of benzene rings is 11. The van der Waals surface area contributed by atoms with E-state index < -0.39 is 0 Å². The molecule has 0 N–H and O–H groups in total. The highest BCUT2D eigenvalue weighted by atomic mass is 19.1. The molecule has 0 bridgehead atoms. The normalized spacial score (nSPS) is 12.0. The molecule has 11 aromatic carbocycles. The number of nitrogens with zero attached hydrogens (tertiary/aromatic N) is 4. The maximum absolute atomic E-state index is 16.1. The van der Waals surface area contributed by atoms with E-state index in [0.29, 0.717) is 11.4 Å². The fourth-order valence-corrected chi connectivity index (χ4v) is 12.0. The van der Waals surface area contributed by atoms with Crippen molar-refractivity contribution in [3.63, 3.8) is 0 Å². The van der Waals surface area contributed by atoms with Gasteiger partial charge in [0.2, 0.25) is 0 Å². The summed E-state index contributed by atoms with van der Waals surface area (Å²) in [4.78, 5) is 4.04. The van der Waals surface area contributed by atoms with Crippen molar-refractivity contribution in [2.24, 2.45) is 0 Å². The molecule has 0 aliphatic carbocycles. The van der Waals surface area contributed by atoms with Crippen LogP contribution < -0.4 is 9.80 Å². The summed E-state index contributed by atoms with van der Waals surface area (Å²) >= 11 is 0. The average molecular weight is 927 g/mol. The Hall–Kier alpha value is -9.52. The first-order chi connectivity index (χ1) is 35.6. The van der Waals surface area contributed by atoms with E-state index in [4.69, 9.17) is 0 Å². The van der Waals surface area contributed by atoms with Crippen molar-refractivity contribution < 1.29 is 8.78 Å². The fourth-order valence-electron chi connectivity index (χ4n) is 12.0. The Labute approximate surface area is 412 Å². The van der Waals surface area contributed by atoms with Crippen LogP contribution >= 0.6 is 0 Å². The highest BCUT2D eigenvalue weighted by Crippen LogP contribution is 2.55. The zero-order valence-electron chi connectivity index (χ0n) is 38.6. The molecule has 0 fully saturated rings. The van der Waals surface area contributed by atoms with Gasteiger partial charge in [-0.1, -0.05) is 170 Å². The maximum atomic E-state index is 16.1. The fraction of sp³-hybridized carbons (Fsp3) is 0. The van der Waals surface area contributed by atoms with E-state index >= 15 is 8.78 Å². The smallest absolute Gasteiger partial charge is 0.147 e. The number of halogens is 2. The first kappa shape index (κ1) is 40.4. The van der Waals surface area contributed by atoms with Gasteiger partial charge in [-0.3, -0.25) is 0 Å². The van der Waals surface area contributed by atoms with Gasteiger partial charge in [0.15, 0.2) is 0 Å². The van der Waals surface area contributed by atoms with Crippen molar-refractivity contribution in [1.82, 2.24) is 8.80 Å². The number of aromatic nitrogens is 2. The van der Waals surface area contributed by atoms with E-state index in [2.05, 4.69) is 142 Å². The number of hydrogen-bond acceptors (Lipinski definition) is 2. The predicted octanol–water partition coefficient (Wildman–Crippen LogP) is 18.5. The molecule has 72 heavy (non-hydrogen) atoms. The van der Waals surface area contributed by atoms with E-state index in [1.54, 1.807) is 12.1 Å². The van der Waals surface area contributed by atoms with Crippen molar-refractivity contribution in [3.8, 4) is 22.3 Å². The van der Waals surface area contributed by atoms with Gasteiger partial charge >= 0.3 is 0 Å². The first-order valence-electron chi connectivity index (χ1n) is 24.3. The lowest BCUT2D eigenvalue weighted by Crippen LogP contribution is -2.11. The van der Waals surface area contributed by atoms with Crippen molar-refractivity contribution in [2.75, 3.05) is 9.80 Å². The molecule has 338 valence electrons. The molecule has 0 unspecified atom stereocenters. The van der Waals surface area contributed by atoms with E-state index in [0.717, 1.165) is 121 Å². The van der Waals surface area contributed by atoms with Crippen molar-refractivity contribution in [1.29, 1.82) is 0 Å². The molecular formula is C66H40F2N4. The molecule has 15 rings (SSSR count). The summed E-state index contributed by atoms with van der Waals surface area (Å²) in [7, 11) is 0. The van der Waals surface area contributed by atoms with Gasteiger partial charge in [-0.05, 0) is 83.9 Å². The average Bonchev–Trinajstić information content (AvgIpc) is 4.17. The molecule has 6 heteroatoms. The number of para-hydroxylation sites is 6. The van der Waals surface area contributed by atoms with Crippen LogP contribution in [0, 0.1) is 11.6 Å². The molecule has 4 nitrogen and oxygen atoms in total.